The minimum atomic E-state index is -0.873. The van der Waals surface area contributed by atoms with E-state index in [2.05, 4.69) is 4.99 Å². The molecule has 29 heavy (non-hydrogen) atoms. The lowest BCUT2D eigenvalue weighted by Crippen LogP contribution is -2.36. The predicted molar refractivity (Wildman–Crippen MR) is 108 cm³/mol. The Morgan fingerprint density at radius 2 is 1.93 bits per heavy atom. The Morgan fingerprint density at radius 3 is 2.52 bits per heavy atom. The van der Waals surface area contributed by atoms with Gasteiger partial charge in [-0.1, -0.05) is 26.0 Å². The number of nitro benzene ring substituents is 1. The van der Waals surface area contributed by atoms with Gasteiger partial charge in [0.1, 0.15) is 5.92 Å². The van der Waals surface area contributed by atoms with E-state index in [1.165, 1.54) is 18.2 Å². The molecule has 8 heteroatoms. The molecule has 2 rings (SSSR count). The van der Waals surface area contributed by atoms with Crippen LogP contribution in [-0.2, 0) is 19.1 Å². The molecule has 0 spiro atoms. The van der Waals surface area contributed by atoms with E-state index in [-0.39, 0.29) is 30.4 Å². The highest BCUT2D eigenvalue weighted by molar-refractivity contribution is 6.07. The summed E-state index contributed by atoms with van der Waals surface area (Å²) in [5, 5.41) is 11.3. The van der Waals surface area contributed by atoms with Crippen LogP contribution in [-0.4, -0.2) is 35.8 Å². The molecule has 8 nitrogen and oxygen atoms in total. The minimum Gasteiger partial charge on any atom is -0.465 e. The van der Waals surface area contributed by atoms with Gasteiger partial charge >= 0.3 is 11.9 Å². The average molecular weight is 402 g/mol. The standard InChI is InChI=1S/C21H26N2O6/c1-6-28-20(24)17-13(4)22-14(5)18(21(25)29-11-12(2)3)19(17)15-8-7-9-16(10-15)23(26)27/h7-10,12,17,19H,6,11H2,1-5H3. The maximum absolute atomic E-state index is 12.9. The number of carbonyl (C=O) groups excluding carboxylic acids is 2. The lowest BCUT2D eigenvalue weighted by Gasteiger charge is -2.31. The fourth-order valence-corrected chi connectivity index (χ4v) is 3.35. The van der Waals surface area contributed by atoms with Crippen molar-refractivity contribution in [2.45, 2.75) is 40.5 Å². The number of nitro groups is 1. The SMILES string of the molecule is CCOC(=O)C1C(C)=NC(C)=C(C(=O)OCC(C)C)C1c1cccc([N+](=O)[O-])c1. The number of hydrogen-bond donors (Lipinski definition) is 0. The maximum Gasteiger partial charge on any atom is 0.336 e. The molecule has 1 aromatic rings. The molecule has 1 aliphatic heterocycles. The van der Waals surface area contributed by atoms with Crippen LogP contribution in [0.3, 0.4) is 0 Å². The number of carbonyl (C=O) groups is 2. The molecule has 0 aromatic heterocycles. The first-order chi connectivity index (χ1) is 13.7. The molecule has 1 heterocycles. The molecular formula is C21H26N2O6. The van der Waals surface area contributed by atoms with Crippen LogP contribution in [0.4, 0.5) is 5.69 Å². The van der Waals surface area contributed by atoms with Gasteiger partial charge in [0.05, 0.1) is 23.7 Å². The molecule has 0 fully saturated rings. The number of ether oxygens (including phenoxy) is 2. The molecule has 2 unspecified atom stereocenters. The summed E-state index contributed by atoms with van der Waals surface area (Å²) >= 11 is 0. The fourth-order valence-electron chi connectivity index (χ4n) is 3.35. The van der Waals surface area contributed by atoms with Crippen LogP contribution in [0.2, 0.25) is 0 Å². The van der Waals surface area contributed by atoms with Gasteiger partial charge in [0.2, 0.25) is 0 Å². The van der Waals surface area contributed by atoms with Gasteiger partial charge in [-0.05, 0) is 32.3 Å². The van der Waals surface area contributed by atoms with E-state index >= 15 is 0 Å². The number of allylic oxidation sites excluding steroid dienone is 1. The number of rotatable bonds is 7. The third kappa shape index (κ3) is 5.07. The summed E-state index contributed by atoms with van der Waals surface area (Å²) in [5.41, 5.74) is 1.46. The Hall–Kier alpha value is -3.03. The van der Waals surface area contributed by atoms with Crippen molar-refractivity contribution in [2.24, 2.45) is 16.8 Å². The van der Waals surface area contributed by atoms with Crippen LogP contribution >= 0.6 is 0 Å². The Labute approximate surface area is 169 Å². The number of nitrogens with zero attached hydrogens (tertiary/aromatic N) is 2. The molecule has 0 aliphatic carbocycles. The maximum atomic E-state index is 12.9. The van der Waals surface area contributed by atoms with E-state index in [1.54, 1.807) is 26.8 Å². The molecule has 0 saturated carbocycles. The van der Waals surface area contributed by atoms with E-state index in [1.807, 2.05) is 13.8 Å². The summed E-state index contributed by atoms with van der Waals surface area (Å²) in [5.74, 6) is -2.65. The number of aliphatic imine (C=N–C) groups is 1. The van der Waals surface area contributed by atoms with Crippen molar-refractivity contribution in [2.75, 3.05) is 13.2 Å². The van der Waals surface area contributed by atoms with Crippen molar-refractivity contribution in [3.8, 4) is 0 Å². The van der Waals surface area contributed by atoms with Gasteiger partial charge in [0, 0.05) is 29.5 Å². The summed E-state index contributed by atoms with van der Waals surface area (Å²) in [6.07, 6.45) is 0. The van der Waals surface area contributed by atoms with Crippen molar-refractivity contribution < 1.29 is 24.0 Å². The number of hydrogen-bond acceptors (Lipinski definition) is 7. The highest BCUT2D eigenvalue weighted by Crippen LogP contribution is 2.41. The van der Waals surface area contributed by atoms with Gasteiger partial charge < -0.3 is 9.47 Å². The number of esters is 2. The Bertz CT molecular complexity index is 872. The van der Waals surface area contributed by atoms with E-state index < -0.39 is 28.7 Å². The number of non-ortho nitro benzene ring substituents is 1. The second-order valence-electron chi connectivity index (χ2n) is 7.30. The van der Waals surface area contributed by atoms with Gasteiger partial charge in [-0.2, -0.15) is 0 Å². The highest BCUT2D eigenvalue weighted by Gasteiger charge is 2.42. The minimum absolute atomic E-state index is 0.127. The molecule has 0 amide bonds. The van der Waals surface area contributed by atoms with Crippen molar-refractivity contribution >= 4 is 23.3 Å². The van der Waals surface area contributed by atoms with Gasteiger partial charge in [-0.25, -0.2) is 4.79 Å². The zero-order valence-corrected chi connectivity index (χ0v) is 17.3. The lowest BCUT2D eigenvalue weighted by molar-refractivity contribution is -0.384. The van der Waals surface area contributed by atoms with Gasteiger partial charge in [-0.15, -0.1) is 0 Å². The van der Waals surface area contributed by atoms with Crippen LogP contribution in [0.5, 0.6) is 0 Å². The normalized spacial score (nSPS) is 19.0. The van der Waals surface area contributed by atoms with Crippen LogP contribution in [0.15, 0.2) is 40.5 Å². The lowest BCUT2D eigenvalue weighted by atomic mass is 9.75. The van der Waals surface area contributed by atoms with Crippen molar-refractivity contribution in [3.63, 3.8) is 0 Å². The molecule has 2 atom stereocenters. The summed E-state index contributed by atoms with van der Waals surface area (Å²) < 4.78 is 10.6. The van der Waals surface area contributed by atoms with E-state index in [0.717, 1.165) is 0 Å². The van der Waals surface area contributed by atoms with Crippen LogP contribution < -0.4 is 0 Å². The third-order valence-electron chi connectivity index (χ3n) is 4.58. The molecule has 1 aliphatic rings. The van der Waals surface area contributed by atoms with E-state index in [9.17, 15) is 19.7 Å². The first kappa shape index (κ1) is 22.3. The number of benzene rings is 1. The van der Waals surface area contributed by atoms with Crippen LogP contribution in [0.25, 0.3) is 0 Å². The molecule has 0 saturated heterocycles. The smallest absolute Gasteiger partial charge is 0.336 e. The summed E-state index contributed by atoms with van der Waals surface area (Å²) in [6, 6.07) is 5.92. The molecule has 0 bridgehead atoms. The first-order valence-corrected chi connectivity index (χ1v) is 9.51. The fraction of sp³-hybridized carbons (Fsp3) is 0.476. The van der Waals surface area contributed by atoms with Crippen LogP contribution in [0, 0.1) is 22.0 Å². The first-order valence-electron chi connectivity index (χ1n) is 9.51. The monoisotopic (exact) mass is 402 g/mol. The van der Waals surface area contributed by atoms with Crippen LogP contribution in [0.1, 0.15) is 46.1 Å². The van der Waals surface area contributed by atoms with Crippen molar-refractivity contribution in [1.82, 2.24) is 0 Å². The Morgan fingerprint density at radius 1 is 1.24 bits per heavy atom. The molecule has 0 N–H and O–H groups in total. The summed E-state index contributed by atoms with van der Waals surface area (Å²) in [4.78, 5) is 40.8. The molecule has 156 valence electrons. The summed E-state index contributed by atoms with van der Waals surface area (Å²) in [7, 11) is 0. The zero-order valence-electron chi connectivity index (χ0n) is 17.3. The Balaban J connectivity index is 2.61. The van der Waals surface area contributed by atoms with E-state index in [4.69, 9.17) is 9.47 Å². The molecule has 1 aromatic carbocycles. The predicted octanol–water partition coefficient (Wildman–Crippen LogP) is 3.81. The summed E-state index contributed by atoms with van der Waals surface area (Å²) in [6.45, 7) is 9.25. The van der Waals surface area contributed by atoms with Crippen molar-refractivity contribution in [1.29, 1.82) is 0 Å². The van der Waals surface area contributed by atoms with Crippen molar-refractivity contribution in [3.05, 3.63) is 51.2 Å². The molecular weight excluding hydrogens is 376 g/mol. The topological polar surface area (TPSA) is 108 Å². The van der Waals surface area contributed by atoms with Gasteiger partial charge in [-0.3, -0.25) is 19.9 Å². The second-order valence-corrected chi connectivity index (χ2v) is 7.30. The highest BCUT2D eigenvalue weighted by atomic mass is 16.6. The average Bonchev–Trinajstić information content (AvgIpc) is 2.65. The van der Waals surface area contributed by atoms with Gasteiger partial charge in [0.15, 0.2) is 0 Å². The quantitative estimate of drug-likeness (QED) is 0.390. The largest absolute Gasteiger partial charge is 0.465 e. The third-order valence-corrected chi connectivity index (χ3v) is 4.58. The Kier molecular flexibility index (Phi) is 7.25. The molecule has 0 radical (unpaired) electrons. The van der Waals surface area contributed by atoms with Gasteiger partial charge in [0.25, 0.3) is 5.69 Å². The zero-order chi connectivity index (χ0) is 21.7. The second kappa shape index (κ2) is 9.45. The van der Waals surface area contributed by atoms with E-state index in [0.29, 0.717) is 17.0 Å².